The van der Waals surface area contributed by atoms with Crippen LogP contribution in [0.3, 0.4) is 0 Å². The van der Waals surface area contributed by atoms with Gasteiger partial charge in [-0.05, 0) is 12.8 Å². The number of rotatable bonds is 54. The lowest BCUT2D eigenvalue weighted by Crippen LogP contribution is -2.60. The Labute approximate surface area is 427 Å². The number of carbonyl (C=O) groups is 1. The van der Waals surface area contributed by atoms with Gasteiger partial charge in [0.1, 0.15) is 24.4 Å². The Morgan fingerprint density at radius 3 is 1.03 bits per heavy atom. The molecule has 6 N–H and O–H groups in total. The molecule has 7 atom stereocenters. The summed E-state index contributed by atoms with van der Waals surface area (Å²) in [6.07, 6.45) is 54.3. The predicted octanol–water partition coefficient (Wildman–Crippen LogP) is 15.4. The standard InChI is InChI=1S/C60H119NO8/c1-3-5-7-9-11-13-15-17-19-21-23-25-26-27-28-29-30-31-33-35-37-39-41-43-45-47-49-54(63)53(52-68-60-59(67)58(66)57(65)55(51-62)69-60)61-56(64)50-48-46-44-42-40-38-36-34-32-24-22-20-18-16-14-12-10-8-6-4-2/h53-55,57-60,62-63,65-67H,3-52H2,1-2H3,(H,61,64). The van der Waals surface area contributed by atoms with Gasteiger partial charge in [-0.1, -0.05) is 303 Å². The summed E-state index contributed by atoms with van der Waals surface area (Å²) in [7, 11) is 0. The summed E-state index contributed by atoms with van der Waals surface area (Å²) >= 11 is 0. The van der Waals surface area contributed by atoms with Crippen molar-refractivity contribution in [3.8, 4) is 0 Å². The maximum atomic E-state index is 13.1. The Balaban J connectivity index is 2.16. The van der Waals surface area contributed by atoms with E-state index >= 15 is 0 Å². The lowest BCUT2D eigenvalue weighted by Gasteiger charge is -2.40. The quantitative estimate of drug-likeness (QED) is 0.0330. The van der Waals surface area contributed by atoms with Crippen LogP contribution >= 0.6 is 0 Å². The Morgan fingerprint density at radius 2 is 0.725 bits per heavy atom. The van der Waals surface area contributed by atoms with E-state index in [1.807, 2.05) is 0 Å². The molecule has 0 aromatic heterocycles. The number of aliphatic hydroxyl groups is 5. The summed E-state index contributed by atoms with van der Waals surface area (Å²) in [5.41, 5.74) is 0. The van der Waals surface area contributed by atoms with Crippen molar-refractivity contribution in [2.24, 2.45) is 0 Å². The molecule has 0 saturated carbocycles. The van der Waals surface area contributed by atoms with Gasteiger partial charge in [-0.25, -0.2) is 0 Å². The summed E-state index contributed by atoms with van der Waals surface area (Å²) < 4.78 is 11.3. The highest BCUT2D eigenvalue weighted by atomic mass is 16.7. The molecule has 1 fully saturated rings. The zero-order valence-corrected chi connectivity index (χ0v) is 45.9. The Bertz CT molecular complexity index is 1050. The van der Waals surface area contributed by atoms with Crippen LogP contribution in [-0.4, -0.2) is 87.5 Å². The SMILES string of the molecule is CCCCCCCCCCCCCCCCCCCCCCCCCCCCC(O)C(COC1OC(CO)C(O)C(O)C1O)NC(=O)CCCCCCCCCCCCCCCCCCCCCC. The van der Waals surface area contributed by atoms with Crippen LogP contribution in [0.4, 0.5) is 0 Å². The number of hydrogen-bond acceptors (Lipinski definition) is 8. The molecule has 412 valence electrons. The molecule has 9 nitrogen and oxygen atoms in total. The average molecular weight is 983 g/mol. The number of hydrogen-bond donors (Lipinski definition) is 6. The van der Waals surface area contributed by atoms with Crippen molar-refractivity contribution >= 4 is 5.91 Å². The molecule has 1 saturated heterocycles. The maximum absolute atomic E-state index is 13.1. The summed E-state index contributed by atoms with van der Waals surface area (Å²) in [6.45, 7) is 3.89. The molecule has 1 amide bonds. The first-order valence-electron chi connectivity index (χ1n) is 30.7. The number of unbranched alkanes of at least 4 members (excludes halogenated alkanes) is 44. The fraction of sp³-hybridized carbons (Fsp3) is 0.983. The Hall–Kier alpha value is -0.810. The zero-order valence-electron chi connectivity index (χ0n) is 45.9. The highest BCUT2D eigenvalue weighted by Gasteiger charge is 2.44. The van der Waals surface area contributed by atoms with E-state index in [0.29, 0.717) is 12.8 Å². The first-order valence-corrected chi connectivity index (χ1v) is 30.7. The molecule has 0 spiro atoms. The number of aliphatic hydroxyl groups excluding tert-OH is 5. The van der Waals surface area contributed by atoms with Gasteiger partial charge in [0, 0.05) is 6.42 Å². The van der Waals surface area contributed by atoms with Crippen LogP contribution in [0.25, 0.3) is 0 Å². The molecular weight excluding hydrogens is 863 g/mol. The van der Waals surface area contributed by atoms with Crippen LogP contribution in [0, 0.1) is 0 Å². The van der Waals surface area contributed by atoms with E-state index in [-0.39, 0.29) is 12.5 Å². The Kier molecular flexibility index (Phi) is 48.7. The molecule has 69 heavy (non-hydrogen) atoms. The van der Waals surface area contributed by atoms with Crippen LogP contribution in [0.2, 0.25) is 0 Å². The maximum Gasteiger partial charge on any atom is 0.220 e. The van der Waals surface area contributed by atoms with Gasteiger partial charge >= 0.3 is 0 Å². The smallest absolute Gasteiger partial charge is 0.220 e. The van der Waals surface area contributed by atoms with Crippen LogP contribution in [0.15, 0.2) is 0 Å². The predicted molar refractivity (Wildman–Crippen MR) is 291 cm³/mol. The normalized spacial score (nSPS) is 19.3. The number of ether oxygens (including phenoxy) is 2. The third-order valence-corrected chi connectivity index (χ3v) is 15.2. The van der Waals surface area contributed by atoms with Crippen molar-refractivity contribution in [2.75, 3.05) is 13.2 Å². The second-order valence-corrected chi connectivity index (χ2v) is 21.9. The van der Waals surface area contributed by atoms with Crippen molar-refractivity contribution in [2.45, 2.75) is 365 Å². The summed E-state index contributed by atoms with van der Waals surface area (Å²) in [6, 6.07) is -0.714. The summed E-state index contributed by atoms with van der Waals surface area (Å²) in [5.74, 6) is -0.135. The van der Waals surface area contributed by atoms with E-state index in [1.165, 1.54) is 257 Å². The van der Waals surface area contributed by atoms with Crippen molar-refractivity contribution < 1.29 is 39.8 Å². The van der Waals surface area contributed by atoms with Gasteiger partial charge in [0.05, 0.1) is 25.4 Å². The fourth-order valence-corrected chi connectivity index (χ4v) is 10.3. The van der Waals surface area contributed by atoms with Crippen LogP contribution in [0.5, 0.6) is 0 Å². The van der Waals surface area contributed by atoms with Gasteiger partial charge in [0.15, 0.2) is 6.29 Å². The van der Waals surface area contributed by atoms with E-state index in [4.69, 9.17) is 9.47 Å². The molecule has 1 heterocycles. The average Bonchev–Trinajstić information content (AvgIpc) is 3.35. The van der Waals surface area contributed by atoms with Gasteiger partial charge in [0.25, 0.3) is 0 Å². The highest BCUT2D eigenvalue weighted by molar-refractivity contribution is 5.76. The number of nitrogens with one attached hydrogen (secondary N) is 1. The molecule has 0 aliphatic carbocycles. The largest absolute Gasteiger partial charge is 0.394 e. The first-order chi connectivity index (χ1) is 33.8. The van der Waals surface area contributed by atoms with Crippen LogP contribution in [-0.2, 0) is 14.3 Å². The van der Waals surface area contributed by atoms with E-state index in [1.54, 1.807) is 0 Å². The third-order valence-electron chi connectivity index (χ3n) is 15.2. The van der Waals surface area contributed by atoms with E-state index in [0.717, 1.165) is 38.5 Å². The second kappa shape index (κ2) is 50.7. The van der Waals surface area contributed by atoms with Crippen molar-refractivity contribution in [3.05, 3.63) is 0 Å². The van der Waals surface area contributed by atoms with E-state index < -0.39 is 49.5 Å². The van der Waals surface area contributed by atoms with E-state index in [9.17, 15) is 30.3 Å². The minimum absolute atomic E-state index is 0.131. The van der Waals surface area contributed by atoms with Gasteiger partial charge in [-0.2, -0.15) is 0 Å². The zero-order chi connectivity index (χ0) is 50.1. The van der Waals surface area contributed by atoms with Crippen LogP contribution in [0.1, 0.15) is 322 Å². The summed E-state index contributed by atoms with van der Waals surface area (Å²) in [5, 5.41) is 54.8. The molecular formula is C60H119NO8. The Morgan fingerprint density at radius 1 is 0.435 bits per heavy atom. The molecule has 9 heteroatoms. The van der Waals surface area contributed by atoms with Crippen molar-refractivity contribution in [1.29, 1.82) is 0 Å². The van der Waals surface area contributed by atoms with Crippen LogP contribution < -0.4 is 5.32 Å². The minimum atomic E-state index is -1.55. The lowest BCUT2D eigenvalue weighted by molar-refractivity contribution is -0.302. The molecule has 0 bridgehead atoms. The van der Waals surface area contributed by atoms with Gasteiger partial charge in [-0.15, -0.1) is 0 Å². The first kappa shape index (κ1) is 66.2. The monoisotopic (exact) mass is 982 g/mol. The fourth-order valence-electron chi connectivity index (χ4n) is 10.3. The second-order valence-electron chi connectivity index (χ2n) is 21.9. The molecule has 7 unspecified atom stereocenters. The van der Waals surface area contributed by atoms with Crippen molar-refractivity contribution in [1.82, 2.24) is 5.32 Å². The van der Waals surface area contributed by atoms with Gasteiger partial charge in [-0.3, -0.25) is 4.79 Å². The lowest BCUT2D eigenvalue weighted by atomic mass is 9.99. The topological polar surface area (TPSA) is 149 Å². The minimum Gasteiger partial charge on any atom is -0.394 e. The molecule has 0 radical (unpaired) electrons. The third kappa shape index (κ3) is 40.3. The molecule has 1 aliphatic heterocycles. The van der Waals surface area contributed by atoms with Gasteiger partial charge < -0.3 is 40.3 Å². The number of carbonyl (C=O) groups excluding carboxylic acids is 1. The molecule has 1 aliphatic rings. The highest BCUT2D eigenvalue weighted by Crippen LogP contribution is 2.24. The molecule has 1 rings (SSSR count). The number of amides is 1. The van der Waals surface area contributed by atoms with Crippen molar-refractivity contribution in [3.63, 3.8) is 0 Å². The summed E-state index contributed by atoms with van der Waals surface area (Å²) in [4.78, 5) is 13.1. The molecule has 0 aromatic carbocycles. The van der Waals surface area contributed by atoms with Gasteiger partial charge in [0.2, 0.25) is 5.91 Å². The molecule has 0 aromatic rings. The van der Waals surface area contributed by atoms with E-state index in [2.05, 4.69) is 19.2 Å².